The van der Waals surface area contributed by atoms with Gasteiger partial charge in [-0.3, -0.25) is 0 Å². The molecule has 11 aromatic carbocycles. The third-order valence-electron chi connectivity index (χ3n) is 13.7. The van der Waals surface area contributed by atoms with Crippen molar-refractivity contribution in [3.05, 3.63) is 237 Å². The summed E-state index contributed by atoms with van der Waals surface area (Å²) in [7, 11) is 0. The summed E-state index contributed by atoms with van der Waals surface area (Å²) < 4.78 is 15.2. The van der Waals surface area contributed by atoms with Gasteiger partial charge in [-0.15, -0.1) is 11.3 Å². The molecule has 0 fully saturated rings. The molecule has 0 saturated heterocycles. The Labute approximate surface area is 396 Å². The highest BCUT2D eigenvalue weighted by molar-refractivity contribution is 7.25. The van der Waals surface area contributed by atoms with Gasteiger partial charge >= 0.3 is 0 Å². The molecule has 0 aliphatic heterocycles. The van der Waals surface area contributed by atoms with Crippen LogP contribution in [0.2, 0.25) is 0 Å². The van der Waals surface area contributed by atoms with Crippen LogP contribution in [0, 0.1) is 0 Å². The molecule has 318 valence electrons. The summed E-state index contributed by atoms with van der Waals surface area (Å²) in [5.41, 5.74) is 16.3. The Morgan fingerprint density at radius 2 is 0.647 bits per heavy atom. The third-order valence-corrected chi connectivity index (χ3v) is 14.9. The summed E-state index contributed by atoms with van der Waals surface area (Å²) in [6.07, 6.45) is 0. The molecule has 3 nitrogen and oxygen atoms in total. The number of para-hydroxylation sites is 2. The van der Waals surface area contributed by atoms with Gasteiger partial charge in [-0.1, -0.05) is 164 Å². The molecule has 68 heavy (non-hydrogen) atoms. The van der Waals surface area contributed by atoms with Crippen LogP contribution in [0.4, 0.5) is 17.1 Å². The summed E-state index contributed by atoms with van der Waals surface area (Å²) in [4.78, 5) is 2.36. The van der Waals surface area contributed by atoms with Crippen molar-refractivity contribution in [3.63, 3.8) is 0 Å². The smallest absolute Gasteiger partial charge is 0.136 e. The normalized spacial score (nSPS) is 11.8. The zero-order valence-electron chi connectivity index (χ0n) is 36.7. The molecular weight excluding hydrogens is 847 g/mol. The molecule has 0 spiro atoms. The summed E-state index contributed by atoms with van der Waals surface area (Å²) >= 11 is 1.86. The van der Waals surface area contributed by atoms with Crippen LogP contribution >= 0.6 is 11.3 Å². The monoisotopic (exact) mass is 885 g/mol. The van der Waals surface area contributed by atoms with Crippen LogP contribution in [-0.4, -0.2) is 0 Å². The van der Waals surface area contributed by atoms with E-state index < -0.39 is 0 Å². The molecule has 0 atom stereocenters. The fourth-order valence-electron chi connectivity index (χ4n) is 10.6. The first-order chi connectivity index (χ1) is 33.7. The minimum atomic E-state index is 0.895. The van der Waals surface area contributed by atoms with Gasteiger partial charge in [0.15, 0.2) is 0 Å². The second kappa shape index (κ2) is 15.5. The van der Waals surface area contributed by atoms with Crippen molar-refractivity contribution in [2.24, 2.45) is 0 Å². The van der Waals surface area contributed by atoms with Gasteiger partial charge in [-0.25, -0.2) is 0 Å². The lowest BCUT2D eigenvalue weighted by Gasteiger charge is -2.26. The molecule has 3 aromatic heterocycles. The van der Waals surface area contributed by atoms with E-state index in [0.29, 0.717) is 0 Å². The lowest BCUT2D eigenvalue weighted by atomic mass is 9.90. The van der Waals surface area contributed by atoms with Gasteiger partial charge in [0.25, 0.3) is 0 Å². The van der Waals surface area contributed by atoms with Gasteiger partial charge in [0, 0.05) is 58.8 Å². The number of nitrogens with zero attached hydrogens (tertiary/aromatic N) is 1. The van der Waals surface area contributed by atoms with E-state index in [9.17, 15) is 0 Å². The Bertz CT molecular complexity index is 4090. The Morgan fingerprint density at radius 1 is 0.250 bits per heavy atom. The molecule has 0 unspecified atom stereocenters. The SMILES string of the molecule is c1ccc2c(c1)oc1cccc(-c3ccc(N(c4ccc(-c5ccc(-c6cccc7oc8ccccc8c67)c6ccccc56)cc4)c4ccc(-c5cccc6sc7ccccc7c56)cc4)cc3)c12. The maximum atomic E-state index is 6.31. The van der Waals surface area contributed by atoms with Crippen molar-refractivity contribution in [2.45, 2.75) is 0 Å². The van der Waals surface area contributed by atoms with Gasteiger partial charge in [-0.05, 0) is 128 Å². The first-order valence-electron chi connectivity index (χ1n) is 23.1. The molecule has 14 aromatic rings. The zero-order valence-corrected chi connectivity index (χ0v) is 37.5. The predicted molar refractivity (Wildman–Crippen MR) is 288 cm³/mol. The number of benzene rings is 11. The van der Waals surface area contributed by atoms with Crippen LogP contribution in [-0.2, 0) is 0 Å². The number of anilines is 3. The molecule has 0 amide bonds. The van der Waals surface area contributed by atoms with Gasteiger partial charge in [-0.2, -0.15) is 0 Å². The minimum absolute atomic E-state index is 0.895. The van der Waals surface area contributed by atoms with Gasteiger partial charge in [0.2, 0.25) is 0 Å². The average molecular weight is 886 g/mol. The molecular formula is C64H39NO2S. The number of rotatable bonds is 7. The van der Waals surface area contributed by atoms with Crippen LogP contribution in [0.3, 0.4) is 0 Å². The van der Waals surface area contributed by atoms with E-state index in [2.05, 4.69) is 217 Å². The summed E-state index contributed by atoms with van der Waals surface area (Å²) in [6.45, 7) is 0. The quantitative estimate of drug-likeness (QED) is 0.160. The highest BCUT2D eigenvalue weighted by atomic mass is 32.1. The van der Waals surface area contributed by atoms with Crippen molar-refractivity contribution in [1.29, 1.82) is 0 Å². The van der Waals surface area contributed by atoms with Crippen LogP contribution < -0.4 is 4.90 Å². The lowest BCUT2D eigenvalue weighted by molar-refractivity contribution is 0.668. The first kappa shape index (κ1) is 38.6. The van der Waals surface area contributed by atoms with Gasteiger partial charge in [0.1, 0.15) is 22.3 Å². The van der Waals surface area contributed by atoms with Crippen molar-refractivity contribution in [3.8, 4) is 44.5 Å². The number of hydrogen-bond acceptors (Lipinski definition) is 4. The van der Waals surface area contributed by atoms with E-state index in [0.717, 1.165) is 77.6 Å². The summed E-state index contributed by atoms with van der Waals surface area (Å²) in [6, 6.07) is 85.2. The molecule has 0 saturated carbocycles. The van der Waals surface area contributed by atoms with E-state index >= 15 is 0 Å². The van der Waals surface area contributed by atoms with E-state index in [1.165, 1.54) is 58.8 Å². The first-order valence-corrected chi connectivity index (χ1v) is 23.9. The predicted octanol–water partition coefficient (Wildman–Crippen LogP) is 19.1. The van der Waals surface area contributed by atoms with Crippen LogP contribution in [0.1, 0.15) is 0 Å². The lowest BCUT2D eigenvalue weighted by Crippen LogP contribution is -2.09. The second-order valence-electron chi connectivity index (χ2n) is 17.5. The highest BCUT2D eigenvalue weighted by Crippen LogP contribution is 2.45. The number of hydrogen-bond donors (Lipinski definition) is 0. The van der Waals surface area contributed by atoms with Crippen LogP contribution in [0.5, 0.6) is 0 Å². The topological polar surface area (TPSA) is 29.5 Å². The molecule has 0 aliphatic carbocycles. The Hall–Kier alpha value is -8.70. The summed E-state index contributed by atoms with van der Waals surface area (Å²) in [5.74, 6) is 0. The standard InChI is InChI=1S/C64H39NO2S/c1-2-13-50-49(12-1)46(38-39-51(50)52-19-10-23-59-63(52)54-15-4-7-21-57(54)67-59)40-26-32-43(33-27-40)65(44-34-28-41(29-35-44)47-17-9-22-58-62(47)53-14-3-6-20-56(53)66-58)45-36-30-42(31-37-45)48-18-11-25-61-64(48)55-16-5-8-24-60(55)68-61/h1-39H. The van der Waals surface area contributed by atoms with E-state index in [4.69, 9.17) is 8.83 Å². The fraction of sp³-hybridized carbons (Fsp3) is 0. The van der Waals surface area contributed by atoms with Crippen LogP contribution in [0.25, 0.3) is 119 Å². The van der Waals surface area contributed by atoms with E-state index in [1.54, 1.807) is 0 Å². The van der Waals surface area contributed by atoms with Crippen LogP contribution in [0.15, 0.2) is 245 Å². The number of thiophene rings is 1. The molecule has 14 rings (SSSR count). The van der Waals surface area contributed by atoms with E-state index in [1.807, 2.05) is 35.6 Å². The Balaban J connectivity index is 0.873. The number of furan rings is 2. The van der Waals surface area contributed by atoms with Gasteiger partial charge in [0.05, 0.1) is 0 Å². The van der Waals surface area contributed by atoms with Gasteiger partial charge < -0.3 is 13.7 Å². The molecule has 0 radical (unpaired) electrons. The molecule has 4 heteroatoms. The molecule has 3 heterocycles. The summed E-state index contributed by atoms with van der Waals surface area (Å²) in [5, 5.41) is 9.58. The van der Waals surface area contributed by atoms with Crippen molar-refractivity contribution in [1.82, 2.24) is 0 Å². The molecule has 0 bridgehead atoms. The molecule has 0 N–H and O–H groups in total. The Morgan fingerprint density at radius 3 is 1.24 bits per heavy atom. The average Bonchev–Trinajstić information content (AvgIpc) is 4.11. The third kappa shape index (κ3) is 6.12. The molecule has 0 aliphatic rings. The fourth-order valence-corrected chi connectivity index (χ4v) is 11.8. The largest absolute Gasteiger partial charge is 0.456 e. The highest BCUT2D eigenvalue weighted by Gasteiger charge is 2.19. The van der Waals surface area contributed by atoms with Crippen molar-refractivity contribution >= 4 is 103 Å². The van der Waals surface area contributed by atoms with E-state index in [-0.39, 0.29) is 0 Å². The second-order valence-corrected chi connectivity index (χ2v) is 18.6. The van der Waals surface area contributed by atoms with Crippen molar-refractivity contribution < 1.29 is 8.83 Å². The Kier molecular flexibility index (Phi) is 8.76. The maximum absolute atomic E-state index is 6.31. The zero-order chi connectivity index (χ0) is 44.7. The van der Waals surface area contributed by atoms with Crippen molar-refractivity contribution in [2.75, 3.05) is 4.90 Å². The minimum Gasteiger partial charge on any atom is -0.456 e. The number of fused-ring (bicyclic) bond motifs is 10. The maximum Gasteiger partial charge on any atom is 0.136 e.